The molecule has 1 aromatic carbocycles. The Balaban J connectivity index is 1.79. The van der Waals surface area contributed by atoms with Crippen molar-refractivity contribution in [2.75, 3.05) is 27.2 Å². The molecule has 0 atom stereocenters. The Morgan fingerprint density at radius 2 is 1.92 bits per heavy atom. The molecular weight excluding hydrogens is 344 g/mol. The predicted molar refractivity (Wildman–Crippen MR) is 98.8 cm³/mol. The molecule has 0 bridgehead atoms. The van der Waals surface area contributed by atoms with Gasteiger partial charge < -0.3 is 10.2 Å². The van der Waals surface area contributed by atoms with Gasteiger partial charge in [0, 0.05) is 33.7 Å². The van der Waals surface area contributed by atoms with Crippen LogP contribution in [0.15, 0.2) is 57.0 Å². The smallest absolute Gasteiger partial charge is 0.250 e. The van der Waals surface area contributed by atoms with E-state index >= 15 is 0 Å². The Bertz CT molecular complexity index is 744. The molecule has 1 heterocycles. The van der Waals surface area contributed by atoms with E-state index < -0.39 is 10.0 Å². The molecule has 0 aliphatic rings. The lowest BCUT2D eigenvalue weighted by Crippen LogP contribution is -2.42. The molecule has 2 N–H and O–H groups in total. The Labute approximate surface area is 147 Å². The summed E-state index contributed by atoms with van der Waals surface area (Å²) in [5.74, 6) is 0.717. The first-order valence-corrected chi connectivity index (χ1v) is 9.88. The summed E-state index contributed by atoms with van der Waals surface area (Å²) in [5, 5.41) is 4.90. The van der Waals surface area contributed by atoms with Crippen molar-refractivity contribution in [3.05, 3.63) is 53.4 Å². The zero-order valence-corrected chi connectivity index (χ0v) is 15.4. The number of nitrogens with one attached hydrogen (secondary N) is 2. The average molecular weight is 367 g/mol. The van der Waals surface area contributed by atoms with Gasteiger partial charge in [-0.3, -0.25) is 4.99 Å². The molecule has 1 aromatic heterocycles. The molecular formula is C16H22N4O2S2. The first-order chi connectivity index (χ1) is 11.5. The van der Waals surface area contributed by atoms with Crippen LogP contribution >= 0.6 is 11.3 Å². The van der Waals surface area contributed by atoms with Gasteiger partial charge >= 0.3 is 0 Å². The van der Waals surface area contributed by atoms with Crippen molar-refractivity contribution in [2.45, 2.75) is 10.8 Å². The lowest BCUT2D eigenvalue weighted by atomic mass is 10.2. The maximum Gasteiger partial charge on any atom is 0.250 e. The van der Waals surface area contributed by atoms with Crippen molar-refractivity contribution in [3.8, 4) is 0 Å². The highest BCUT2D eigenvalue weighted by Crippen LogP contribution is 2.14. The van der Waals surface area contributed by atoms with Gasteiger partial charge in [-0.15, -0.1) is 11.3 Å². The summed E-state index contributed by atoms with van der Waals surface area (Å²) < 4.78 is 26.9. The summed E-state index contributed by atoms with van der Waals surface area (Å²) in [6, 6.07) is 13.4. The molecule has 0 amide bonds. The van der Waals surface area contributed by atoms with E-state index in [0.717, 1.165) is 6.54 Å². The number of thiophene rings is 1. The number of aliphatic imine (C=N–C) groups is 1. The van der Waals surface area contributed by atoms with E-state index in [4.69, 9.17) is 0 Å². The normalized spacial score (nSPS) is 12.2. The maximum atomic E-state index is 12.0. The van der Waals surface area contributed by atoms with E-state index in [1.165, 1.54) is 16.9 Å². The highest BCUT2D eigenvalue weighted by molar-refractivity contribution is 7.91. The third kappa shape index (κ3) is 5.33. The zero-order valence-electron chi connectivity index (χ0n) is 13.8. The van der Waals surface area contributed by atoms with Crippen molar-refractivity contribution in [1.29, 1.82) is 0 Å². The van der Waals surface area contributed by atoms with Gasteiger partial charge in [0.1, 0.15) is 4.21 Å². The van der Waals surface area contributed by atoms with E-state index in [1.54, 1.807) is 24.6 Å². The van der Waals surface area contributed by atoms with Crippen LogP contribution in [0.2, 0.25) is 0 Å². The van der Waals surface area contributed by atoms with E-state index in [0.29, 0.717) is 23.3 Å². The van der Waals surface area contributed by atoms with E-state index in [1.807, 2.05) is 30.1 Å². The van der Waals surface area contributed by atoms with Crippen molar-refractivity contribution < 1.29 is 8.42 Å². The first-order valence-electron chi connectivity index (χ1n) is 7.52. The molecule has 0 radical (unpaired) electrons. The number of guanidine groups is 1. The SMILES string of the molecule is CN=C(NCCNS(=O)(=O)c1cccs1)N(C)Cc1ccccc1. The summed E-state index contributed by atoms with van der Waals surface area (Å²) in [6.45, 7) is 1.47. The lowest BCUT2D eigenvalue weighted by Gasteiger charge is -2.22. The van der Waals surface area contributed by atoms with Crippen molar-refractivity contribution in [2.24, 2.45) is 4.99 Å². The maximum absolute atomic E-state index is 12.0. The Kier molecular flexibility index (Phi) is 6.77. The highest BCUT2D eigenvalue weighted by Gasteiger charge is 2.14. The number of benzene rings is 1. The third-order valence-electron chi connectivity index (χ3n) is 3.30. The Morgan fingerprint density at radius 1 is 1.17 bits per heavy atom. The molecule has 2 aromatic rings. The van der Waals surface area contributed by atoms with Crippen LogP contribution in [0.1, 0.15) is 5.56 Å². The second-order valence-electron chi connectivity index (χ2n) is 5.15. The number of nitrogens with zero attached hydrogens (tertiary/aromatic N) is 2. The standard InChI is InChI=1S/C16H22N4O2S2/c1-17-16(20(2)13-14-7-4-3-5-8-14)18-10-11-19-24(21,22)15-9-6-12-23-15/h3-9,12,19H,10-11,13H2,1-2H3,(H,17,18). The topological polar surface area (TPSA) is 73.8 Å². The largest absolute Gasteiger partial charge is 0.355 e. The van der Waals surface area contributed by atoms with Crippen LogP contribution in [0.25, 0.3) is 0 Å². The fourth-order valence-corrected chi connectivity index (χ4v) is 4.23. The Hall–Kier alpha value is -1.90. The second-order valence-corrected chi connectivity index (χ2v) is 8.09. The van der Waals surface area contributed by atoms with Gasteiger partial charge in [0.2, 0.25) is 10.0 Å². The molecule has 6 nitrogen and oxygen atoms in total. The molecule has 0 saturated heterocycles. The van der Waals surface area contributed by atoms with Crippen LogP contribution in [-0.4, -0.2) is 46.5 Å². The second kappa shape index (κ2) is 8.81. The minimum Gasteiger partial charge on any atom is -0.355 e. The minimum absolute atomic E-state index is 0.290. The van der Waals surface area contributed by atoms with Crippen molar-refractivity contribution in [3.63, 3.8) is 0 Å². The molecule has 8 heteroatoms. The molecule has 0 unspecified atom stereocenters. The van der Waals surface area contributed by atoms with E-state index in [2.05, 4.69) is 27.2 Å². The van der Waals surface area contributed by atoms with Crippen molar-refractivity contribution in [1.82, 2.24) is 14.9 Å². The van der Waals surface area contributed by atoms with Crippen LogP contribution in [0.5, 0.6) is 0 Å². The highest BCUT2D eigenvalue weighted by atomic mass is 32.2. The molecule has 0 fully saturated rings. The van der Waals surface area contributed by atoms with Gasteiger partial charge in [0.25, 0.3) is 0 Å². The molecule has 0 spiro atoms. The van der Waals surface area contributed by atoms with Gasteiger partial charge in [-0.2, -0.15) is 0 Å². The van der Waals surface area contributed by atoms with E-state index in [-0.39, 0.29) is 0 Å². The summed E-state index contributed by atoms with van der Waals surface area (Å²) in [6.07, 6.45) is 0. The molecule has 0 saturated carbocycles. The van der Waals surface area contributed by atoms with Crippen LogP contribution in [0.4, 0.5) is 0 Å². The van der Waals surface area contributed by atoms with Gasteiger partial charge in [0.15, 0.2) is 5.96 Å². The third-order valence-corrected chi connectivity index (χ3v) is 6.15. The Morgan fingerprint density at radius 3 is 2.54 bits per heavy atom. The summed E-state index contributed by atoms with van der Waals surface area (Å²) in [5.41, 5.74) is 1.18. The quantitative estimate of drug-likeness (QED) is 0.445. The van der Waals surface area contributed by atoms with Gasteiger partial charge in [0.05, 0.1) is 0 Å². The molecule has 0 aliphatic carbocycles. The monoisotopic (exact) mass is 366 g/mol. The molecule has 2 rings (SSSR count). The lowest BCUT2D eigenvalue weighted by molar-refractivity contribution is 0.477. The fraction of sp³-hybridized carbons (Fsp3) is 0.312. The molecule has 24 heavy (non-hydrogen) atoms. The summed E-state index contributed by atoms with van der Waals surface area (Å²) in [4.78, 5) is 6.21. The van der Waals surface area contributed by atoms with Crippen LogP contribution in [-0.2, 0) is 16.6 Å². The minimum atomic E-state index is -3.42. The molecule has 130 valence electrons. The molecule has 0 aliphatic heterocycles. The fourth-order valence-electron chi connectivity index (χ4n) is 2.16. The predicted octanol–water partition coefficient (Wildman–Crippen LogP) is 1.73. The van der Waals surface area contributed by atoms with Crippen LogP contribution < -0.4 is 10.0 Å². The summed E-state index contributed by atoms with van der Waals surface area (Å²) >= 11 is 1.20. The number of sulfonamides is 1. The number of rotatable bonds is 7. The summed E-state index contributed by atoms with van der Waals surface area (Å²) in [7, 11) is 0.235. The average Bonchev–Trinajstić information content (AvgIpc) is 3.11. The van der Waals surface area contributed by atoms with Gasteiger partial charge in [-0.05, 0) is 17.0 Å². The van der Waals surface area contributed by atoms with Crippen LogP contribution in [0, 0.1) is 0 Å². The van der Waals surface area contributed by atoms with Gasteiger partial charge in [-0.25, -0.2) is 13.1 Å². The van der Waals surface area contributed by atoms with Crippen LogP contribution in [0.3, 0.4) is 0 Å². The van der Waals surface area contributed by atoms with E-state index in [9.17, 15) is 8.42 Å². The zero-order chi connectivity index (χ0) is 17.4. The van der Waals surface area contributed by atoms with Gasteiger partial charge in [-0.1, -0.05) is 36.4 Å². The first kappa shape index (κ1) is 18.4. The number of hydrogen-bond acceptors (Lipinski definition) is 4. The van der Waals surface area contributed by atoms with Crippen molar-refractivity contribution >= 4 is 27.3 Å². The number of hydrogen-bond donors (Lipinski definition) is 2.